The summed E-state index contributed by atoms with van der Waals surface area (Å²) in [5.74, 6) is 0. The maximum Gasteiger partial charge on any atom is 0 e. The molecule has 0 unspecified atom stereocenters. The Labute approximate surface area is 89.9 Å². The Bertz CT molecular complexity index is 69.7. The summed E-state index contributed by atoms with van der Waals surface area (Å²) < 4.78 is 0. The molecule has 0 aromatic carbocycles. The molecule has 0 spiro atoms. The first-order valence-corrected chi connectivity index (χ1v) is 3.29. The molecule has 0 saturated carbocycles. The molecule has 0 aromatic heterocycles. The van der Waals surface area contributed by atoms with Gasteiger partial charge in [-0.3, -0.25) is 0 Å². The molecule has 0 aliphatic heterocycles. The van der Waals surface area contributed by atoms with Crippen molar-refractivity contribution in [3.05, 3.63) is 12.8 Å². The van der Waals surface area contributed by atoms with Gasteiger partial charge in [-0.05, 0) is 0 Å². The maximum absolute atomic E-state index is 4.86. The molecule has 0 atom stereocenters. The van der Waals surface area contributed by atoms with Gasteiger partial charge in [-0.1, -0.05) is 33.6 Å². The van der Waals surface area contributed by atoms with Crippen LogP contribution in [0.4, 0.5) is 0 Å². The van der Waals surface area contributed by atoms with Crippen molar-refractivity contribution in [3.8, 4) is 0 Å². The van der Waals surface area contributed by atoms with Crippen molar-refractivity contribution in [3.63, 3.8) is 0 Å². The van der Waals surface area contributed by atoms with Crippen LogP contribution in [0.1, 0.15) is 33.6 Å². The first kappa shape index (κ1) is 16.9. The van der Waals surface area contributed by atoms with Crippen LogP contribution in [0.3, 0.4) is 0 Å². The van der Waals surface area contributed by atoms with Crippen molar-refractivity contribution < 1.29 is 32.7 Å². The molecule has 57 valence electrons. The van der Waals surface area contributed by atoms with Crippen LogP contribution in [0.25, 0.3) is 0 Å². The SMILES string of the molecule is CCC.[CH-]=CN=[C-]CC.[Y]. The molecule has 0 saturated heterocycles. The molecule has 0 aliphatic rings. The van der Waals surface area contributed by atoms with E-state index < -0.39 is 0 Å². The van der Waals surface area contributed by atoms with E-state index in [9.17, 15) is 0 Å². The standard InChI is InChI=1S/C5H7N.C3H8.Y/c1-3-5-6-4-2;1-3-2;/h2,4H,3H2,1H3;3H2,1-2H3;/q-2;;. The van der Waals surface area contributed by atoms with Crippen LogP contribution in [0, 0.1) is 6.58 Å². The van der Waals surface area contributed by atoms with Gasteiger partial charge in [0.15, 0.2) is 0 Å². The Kier molecular flexibility index (Phi) is 38.2. The quantitative estimate of drug-likeness (QED) is 0.495. The van der Waals surface area contributed by atoms with E-state index in [2.05, 4.69) is 25.1 Å². The average Bonchev–Trinajstić information content (AvgIpc) is 1.86. The van der Waals surface area contributed by atoms with E-state index in [1.807, 2.05) is 6.92 Å². The Morgan fingerprint density at radius 1 is 1.40 bits per heavy atom. The predicted molar refractivity (Wildman–Crippen MR) is 42.6 cm³/mol. The molecular weight excluding hydrogens is 199 g/mol. The molecule has 0 N–H and O–H groups in total. The van der Waals surface area contributed by atoms with Crippen molar-refractivity contribution in [1.82, 2.24) is 0 Å². The molecule has 0 aromatic rings. The van der Waals surface area contributed by atoms with Crippen LogP contribution in [-0.2, 0) is 32.7 Å². The summed E-state index contributed by atoms with van der Waals surface area (Å²) in [5.41, 5.74) is 0. The molecule has 0 bridgehead atoms. The summed E-state index contributed by atoms with van der Waals surface area (Å²) >= 11 is 0. The van der Waals surface area contributed by atoms with Crippen molar-refractivity contribution in [2.75, 3.05) is 0 Å². The monoisotopic (exact) mass is 214 g/mol. The summed E-state index contributed by atoms with van der Waals surface area (Å²) in [6, 6.07) is 0. The third kappa shape index (κ3) is 38.9. The minimum absolute atomic E-state index is 0. The predicted octanol–water partition coefficient (Wildman–Crippen LogP) is 2.70. The fraction of sp³-hybridized carbons (Fsp3) is 0.625. The van der Waals surface area contributed by atoms with E-state index in [0.717, 1.165) is 6.42 Å². The zero-order valence-corrected chi connectivity index (χ0v) is 9.93. The van der Waals surface area contributed by atoms with Crippen LogP contribution in [0.5, 0.6) is 0 Å². The number of hydrogen-bond donors (Lipinski definition) is 0. The zero-order valence-electron chi connectivity index (χ0n) is 7.09. The Hall–Kier alpha value is 0.514. The minimum Gasteiger partial charge on any atom is -0.601 e. The molecule has 1 nitrogen and oxygen atoms in total. The number of aliphatic imine (C=N–C) groups is 1. The van der Waals surface area contributed by atoms with Crippen LogP contribution in [0.15, 0.2) is 11.2 Å². The maximum atomic E-state index is 4.86. The van der Waals surface area contributed by atoms with Gasteiger partial charge in [-0.15, -0.1) is 0 Å². The van der Waals surface area contributed by atoms with Crippen molar-refractivity contribution in [1.29, 1.82) is 0 Å². The second-order valence-corrected chi connectivity index (χ2v) is 1.50. The van der Waals surface area contributed by atoms with E-state index in [4.69, 9.17) is 6.58 Å². The second kappa shape index (κ2) is 22.7. The fourth-order valence-electron chi connectivity index (χ4n) is 0.144. The molecule has 0 aliphatic carbocycles. The third-order valence-electron chi connectivity index (χ3n) is 0.324. The Balaban J connectivity index is -0.000000107. The molecular formula is C8H15NY-2. The van der Waals surface area contributed by atoms with E-state index in [-0.39, 0.29) is 32.7 Å². The van der Waals surface area contributed by atoms with Gasteiger partial charge in [0.05, 0.1) is 0 Å². The number of rotatable bonds is 2. The molecule has 0 heterocycles. The van der Waals surface area contributed by atoms with E-state index in [1.54, 1.807) is 0 Å². The Morgan fingerprint density at radius 2 is 1.80 bits per heavy atom. The summed E-state index contributed by atoms with van der Waals surface area (Å²) in [5, 5.41) is 0. The normalized spacial score (nSPS) is 7.50. The van der Waals surface area contributed by atoms with Gasteiger partial charge in [0.1, 0.15) is 0 Å². The largest absolute Gasteiger partial charge is 0.601 e. The van der Waals surface area contributed by atoms with Gasteiger partial charge in [0.25, 0.3) is 0 Å². The van der Waals surface area contributed by atoms with Crippen LogP contribution >= 0.6 is 0 Å². The minimum atomic E-state index is 0. The number of nitrogens with zero attached hydrogens (tertiary/aromatic N) is 1. The summed E-state index contributed by atoms with van der Waals surface area (Å²) in [6.07, 6.45) is 5.95. The Morgan fingerprint density at radius 3 is 1.90 bits per heavy atom. The van der Waals surface area contributed by atoms with Gasteiger partial charge in [-0.2, -0.15) is 6.21 Å². The average molecular weight is 214 g/mol. The van der Waals surface area contributed by atoms with Gasteiger partial charge in [0.2, 0.25) is 0 Å². The summed E-state index contributed by atoms with van der Waals surface area (Å²) in [7, 11) is 0. The molecule has 0 fully saturated rings. The topological polar surface area (TPSA) is 12.4 Å². The zero-order chi connectivity index (χ0) is 7.54. The van der Waals surface area contributed by atoms with E-state index in [1.165, 1.54) is 12.6 Å². The summed E-state index contributed by atoms with van der Waals surface area (Å²) in [6.45, 7) is 11.1. The third-order valence-corrected chi connectivity index (χ3v) is 0.324. The second-order valence-electron chi connectivity index (χ2n) is 1.50. The van der Waals surface area contributed by atoms with Crippen LogP contribution < -0.4 is 0 Å². The van der Waals surface area contributed by atoms with Crippen LogP contribution in [0.2, 0.25) is 0 Å². The molecule has 0 rings (SSSR count). The number of hydrogen-bond acceptors (Lipinski definition) is 1. The molecule has 10 heavy (non-hydrogen) atoms. The molecule has 2 heteroatoms. The van der Waals surface area contributed by atoms with Gasteiger partial charge >= 0.3 is 0 Å². The van der Waals surface area contributed by atoms with E-state index >= 15 is 0 Å². The van der Waals surface area contributed by atoms with E-state index in [0.29, 0.717) is 0 Å². The van der Waals surface area contributed by atoms with Crippen molar-refractivity contribution in [2.24, 2.45) is 4.99 Å². The first-order chi connectivity index (χ1) is 4.33. The fourth-order valence-corrected chi connectivity index (χ4v) is 0.144. The summed E-state index contributed by atoms with van der Waals surface area (Å²) in [4.78, 5) is 3.49. The smallest absolute Gasteiger partial charge is 0 e. The van der Waals surface area contributed by atoms with Gasteiger partial charge in [-0.25, -0.2) is 0 Å². The molecule has 0 amide bonds. The van der Waals surface area contributed by atoms with Gasteiger partial charge < -0.3 is 17.8 Å². The van der Waals surface area contributed by atoms with Crippen molar-refractivity contribution >= 4 is 6.21 Å². The van der Waals surface area contributed by atoms with Crippen molar-refractivity contribution in [2.45, 2.75) is 33.6 Å². The van der Waals surface area contributed by atoms with Crippen LogP contribution in [-0.4, -0.2) is 6.21 Å². The molecule has 1 radical (unpaired) electrons. The first-order valence-electron chi connectivity index (χ1n) is 3.29. The van der Waals surface area contributed by atoms with Gasteiger partial charge in [0, 0.05) is 32.7 Å².